The molecule has 1 heterocycles. The highest BCUT2D eigenvalue weighted by Gasteiger charge is 2.42. The molecule has 0 bridgehead atoms. The van der Waals surface area contributed by atoms with E-state index in [4.69, 9.17) is 9.47 Å². The van der Waals surface area contributed by atoms with Gasteiger partial charge < -0.3 is 9.47 Å². The quantitative estimate of drug-likeness (QED) is 0.584. The Labute approximate surface area is 148 Å². The van der Waals surface area contributed by atoms with E-state index in [0.29, 0.717) is 23.4 Å². The summed E-state index contributed by atoms with van der Waals surface area (Å²) >= 11 is 0. The number of ketones is 1. The molecule has 6 nitrogen and oxygen atoms in total. The third-order valence-electron chi connectivity index (χ3n) is 4.22. The largest absolute Gasteiger partial charge is 0.478 e. The summed E-state index contributed by atoms with van der Waals surface area (Å²) in [5.41, 5.74) is 0.899. The third kappa shape index (κ3) is 3.67. The van der Waals surface area contributed by atoms with Crippen LogP contribution in [-0.2, 0) is 14.3 Å². The number of hydrogen-bond acceptors (Lipinski definition) is 5. The minimum absolute atomic E-state index is 0.0599. The number of esters is 1. The van der Waals surface area contributed by atoms with Crippen LogP contribution >= 0.6 is 0 Å². The maximum atomic E-state index is 13.0. The van der Waals surface area contributed by atoms with Crippen molar-refractivity contribution >= 4 is 23.3 Å². The summed E-state index contributed by atoms with van der Waals surface area (Å²) in [6.45, 7) is 9.02. The molecule has 0 fully saturated rings. The van der Waals surface area contributed by atoms with Gasteiger partial charge >= 0.3 is 5.97 Å². The first-order valence-corrected chi connectivity index (χ1v) is 8.63. The van der Waals surface area contributed by atoms with Gasteiger partial charge in [0, 0.05) is 5.56 Å². The predicted octanol–water partition coefficient (Wildman–Crippen LogP) is 2.98. The second kappa shape index (κ2) is 7.68. The number of rotatable bonds is 6. The van der Waals surface area contributed by atoms with Crippen molar-refractivity contribution in [3.05, 3.63) is 23.8 Å². The highest BCUT2D eigenvalue weighted by atomic mass is 16.5. The molecule has 0 spiro atoms. The lowest BCUT2D eigenvalue weighted by atomic mass is 9.99. The first-order valence-electron chi connectivity index (χ1n) is 8.63. The summed E-state index contributed by atoms with van der Waals surface area (Å²) in [5.74, 6) is -0.434. The van der Waals surface area contributed by atoms with Crippen LogP contribution in [0.4, 0.5) is 5.69 Å². The molecule has 25 heavy (non-hydrogen) atoms. The highest BCUT2D eigenvalue weighted by Crippen LogP contribution is 2.38. The summed E-state index contributed by atoms with van der Waals surface area (Å²) < 4.78 is 11.0. The fourth-order valence-corrected chi connectivity index (χ4v) is 2.90. The number of nitrogens with zero attached hydrogens (tertiary/aromatic N) is 1. The highest BCUT2D eigenvalue weighted by molar-refractivity contribution is 6.06. The second-order valence-electron chi connectivity index (χ2n) is 6.41. The molecule has 0 saturated carbocycles. The summed E-state index contributed by atoms with van der Waals surface area (Å²) in [4.78, 5) is 38.6. The Morgan fingerprint density at radius 1 is 1.28 bits per heavy atom. The molecule has 1 aliphatic heterocycles. The van der Waals surface area contributed by atoms with Gasteiger partial charge in [-0.1, -0.05) is 20.8 Å². The number of benzene rings is 1. The van der Waals surface area contributed by atoms with Gasteiger partial charge in [-0.3, -0.25) is 14.5 Å². The van der Waals surface area contributed by atoms with Crippen LogP contribution in [0.3, 0.4) is 0 Å². The van der Waals surface area contributed by atoms with E-state index in [1.54, 1.807) is 25.1 Å². The van der Waals surface area contributed by atoms with E-state index < -0.39 is 18.1 Å². The van der Waals surface area contributed by atoms with Gasteiger partial charge in [-0.2, -0.15) is 0 Å². The third-order valence-corrected chi connectivity index (χ3v) is 4.22. The van der Waals surface area contributed by atoms with E-state index in [1.165, 1.54) is 11.8 Å². The molecule has 0 N–H and O–H groups in total. The van der Waals surface area contributed by atoms with Crippen LogP contribution in [-0.4, -0.2) is 36.4 Å². The zero-order valence-electron chi connectivity index (χ0n) is 15.4. The van der Waals surface area contributed by atoms with Gasteiger partial charge in [-0.15, -0.1) is 0 Å². The molecule has 0 radical (unpaired) electrons. The number of hydrogen-bond donors (Lipinski definition) is 0. The lowest BCUT2D eigenvalue weighted by Crippen LogP contribution is -2.55. The van der Waals surface area contributed by atoms with E-state index in [2.05, 4.69) is 0 Å². The molecule has 2 rings (SSSR count). The molecule has 1 aromatic carbocycles. The molecule has 1 aromatic rings. The lowest BCUT2D eigenvalue weighted by molar-refractivity contribution is -0.147. The molecule has 6 heteroatoms. The molecule has 1 amide bonds. The van der Waals surface area contributed by atoms with Crippen LogP contribution in [0.2, 0.25) is 0 Å². The van der Waals surface area contributed by atoms with Crippen molar-refractivity contribution in [1.29, 1.82) is 0 Å². The smallest absolute Gasteiger partial charge is 0.329 e. The van der Waals surface area contributed by atoms with Gasteiger partial charge in [-0.05, 0) is 44.4 Å². The normalized spacial score (nSPS) is 17.8. The van der Waals surface area contributed by atoms with Gasteiger partial charge in [0.1, 0.15) is 11.8 Å². The van der Waals surface area contributed by atoms with Crippen molar-refractivity contribution in [2.24, 2.45) is 5.92 Å². The number of amides is 1. The standard InChI is InChI=1S/C19H25NO5/c1-6-14(19(23)24-7-2)20-15-10-13(12(5)21)8-9-16(15)25-17(11(3)4)18(20)22/h8-11,14,17H,6-7H2,1-5H3. The van der Waals surface area contributed by atoms with Gasteiger partial charge in [0.05, 0.1) is 12.3 Å². The monoisotopic (exact) mass is 347 g/mol. The predicted molar refractivity (Wildman–Crippen MR) is 93.9 cm³/mol. The van der Waals surface area contributed by atoms with Crippen LogP contribution in [0.25, 0.3) is 0 Å². The summed E-state index contributed by atoms with van der Waals surface area (Å²) in [6.07, 6.45) is -0.279. The van der Waals surface area contributed by atoms with Gasteiger partial charge in [0.25, 0.3) is 5.91 Å². The number of Topliss-reactive ketones (excluding diaryl/α,β-unsaturated/α-hetero) is 1. The Bertz CT molecular complexity index is 682. The number of carbonyl (C=O) groups excluding carboxylic acids is 3. The van der Waals surface area contributed by atoms with Crippen LogP contribution < -0.4 is 9.64 Å². The zero-order chi connectivity index (χ0) is 18.7. The minimum atomic E-state index is -0.751. The Morgan fingerprint density at radius 2 is 1.96 bits per heavy atom. The van der Waals surface area contributed by atoms with E-state index in [0.717, 1.165) is 0 Å². The topological polar surface area (TPSA) is 72.9 Å². The van der Waals surface area contributed by atoms with Crippen molar-refractivity contribution in [2.45, 2.75) is 53.2 Å². The molecule has 136 valence electrons. The van der Waals surface area contributed by atoms with Gasteiger partial charge in [0.2, 0.25) is 0 Å². The fourth-order valence-electron chi connectivity index (χ4n) is 2.90. The van der Waals surface area contributed by atoms with E-state index in [-0.39, 0.29) is 24.2 Å². The van der Waals surface area contributed by atoms with Crippen LogP contribution in [0.5, 0.6) is 5.75 Å². The number of ether oxygens (including phenoxy) is 2. The molecular weight excluding hydrogens is 322 g/mol. The fraction of sp³-hybridized carbons (Fsp3) is 0.526. The minimum Gasteiger partial charge on any atom is -0.478 e. The van der Waals surface area contributed by atoms with Gasteiger partial charge in [0.15, 0.2) is 11.9 Å². The average Bonchev–Trinajstić information content (AvgIpc) is 2.56. The zero-order valence-corrected chi connectivity index (χ0v) is 15.4. The number of fused-ring (bicyclic) bond motifs is 1. The number of carbonyl (C=O) groups is 3. The molecule has 0 saturated heterocycles. The first-order chi connectivity index (χ1) is 11.8. The van der Waals surface area contributed by atoms with Crippen LogP contribution in [0, 0.1) is 5.92 Å². The molecular formula is C19H25NO5. The first kappa shape index (κ1) is 19.0. The van der Waals surface area contributed by atoms with E-state index in [1.807, 2.05) is 20.8 Å². The Morgan fingerprint density at radius 3 is 2.48 bits per heavy atom. The van der Waals surface area contributed by atoms with Crippen molar-refractivity contribution in [3.63, 3.8) is 0 Å². The molecule has 0 aromatic heterocycles. The maximum absolute atomic E-state index is 13.0. The molecule has 0 aliphatic carbocycles. The van der Waals surface area contributed by atoms with Crippen molar-refractivity contribution in [3.8, 4) is 5.75 Å². The second-order valence-corrected chi connectivity index (χ2v) is 6.41. The van der Waals surface area contributed by atoms with Crippen LogP contribution in [0.15, 0.2) is 18.2 Å². The van der Waals surface area contributed by atoms with Gasteiger partial charge in [-0.25, -0.2) is 4.79 Å². The molecule has 2 unspecified atom stereocenters. The number of anilines is 1. The summed E-state index contributed by atoms with van der Waals surface area (Å²) in [6, 6.07) is 4.20. The Hall–Kier alpha value is -2.37. The molecule has 2 atom stereocenters. The molecule has 1 aliphatic rings. The van der Waals surface area contributed by atoms with Crippen molar-refractivity contribution in [2.75, 3.05) is 11.5 Å². The Balaban J connectivity index is 2.58. The van der Waals surface area contributed by atoms with Crippen molar-refractivity contribution < 1.29 is 23.9 Å². The maximum Gasteiger partial charge on any atom is 0.329 e. The van der Waals surface area contributed by atoms with Crippen molar-refractivity contribution in [1.82, 2.24) is 0 Å². The SMILES string of the molecule is CCOC(=O)C(CC)N1C(=O)C(C(C)C)Oc2ccc(C(C)=O)cc21. The Kier molecular flexibility index (Phi) is 5.82. The summed E-state index contributed by atoms with van der Waals surface area (Å²) in [5, 5.41) is 0. The van der Waals surface area contributed by atoms with Crippen LogP contribution in [0.1, 0.15) is 51.4 Å². The van der Waals surface area contributed by atoms with E-state index >= 15 is 0 Å². The lowest BCUT2D eigenvalue weighted by Gasteiger charge is -2.39. The van der Waals surface area contributed by atoms with E-state index in [9.17, 15) is 14.4 Å². The average molecular weight is 347 g/mol. The summed E-state index contributed by atoms with van der Waals surface area (Å²) in [7, 11) is 0.